The van der Waals surface area contributed by atoms with Gasteiger partial charge in [-0.15, -0.1) is 0 Å². The summed E-state index contributed by atoms with van der Waals surface area (Å²) in [7, 11) is 0. The standard InChI is InChI=1S/C11H16N4/c1-4-11(2,3)8-15-10-7-13-9(5-12)6-14-10/h6-7H,4,8H2,1-3H3,(H,14,15). The van der Waals surface area contributed by atoms with Crippen molar-refractivity contribution in [2.24, 2.45) is 5.41 Å². The Kier molecular flexibility index (Phi) is 3.62. The van der Waals surface area contributed by atoms with Gasteiger partial charge in [0.15, 0.2) is 5.69 Å². The van der Waals surface area contributed by atoms with E-state index in [2.05, 4.69) is 36.1 Å². The highest BCUT2D eigenvalue weighted by Crippen LogP contribution is 2.19. The summed E-state index contributed by atoms with van der Waals surface area (Å²) in [6, 6.07) is 1.94. The van der Waals surface area contributed by atoms with Crippen LogP contribution < -0.4 is 5.32 Å². The molecular weight excluding hydrogens is 188 g/mol. The van der Waals surface area contributed by atoms with Gasteiger partial charge in [0.05, 0.1) is 12.4 Å². The third-order valence-corrected chi connectivity index (χ3v) is 2.47. The molecule has 0 bridgehead atoms. The highest BCUT2D eigenvalue weighted by atomic mass is 15.0. The predicted octanol–water partition coefficient (Wildman–Crippen LogP) is 2.20. The van der Waals surface area contributed by atoms with Gasteiger partial charge in [-0.1, -0.05) is 20.8 Å². The molecule has 0 aliphatic rings. The summed E-state index contributed by atoms with van der Waals surface area (Å²) < 4.78 is 0. The first-order chi connectivity index (χ1) is 7.07. The quantitative estimate of drug-likeness (QED) is 0.816. The molecule has 0 aliphatic heterocycles. The second kappa shape index (κ2) is 4.74. The van der Waals surface area contributed by atoms with Gasteiger partial charge in [-0.3, -0.25) is 0 Å². The third-order valence-electron chi connectivity index (χ3n) is 2.47. The van der Waals surface area contributed by atoms with E-state index in [-0.39, 0.29) is 5.41 Å². The van der Waals surface area contributed by atoms with Crippen LogP contribution in [0.2, 0.25) is 0 Å². The van der Waals surface area contributed by atoms with Crippen molar-refractivity contribution in [2.75, 3.05) is 11.9 Å². The number of aromatic nitrogens is 2. The van der Waals surface area contributed by atoms with Crippen molar-refractivity contribution in [2.45, 2.75) is 27.2 Å². The number of rotatable bonds is 4. The summed E-state index contributed by atoms with van der Waals surface area (Å²) in [6.45, 7) is 7.39. The molecule has 0 spiro atoms. The van der Waals surface area contributed by atoms with Crippen molar-refractivity contribution in [1.29, 1.82) is 5.26 Å². The van der Waals surface area contributed by atoms with Crippen molar-refractivity contribution in [1.82, 2.24) is 9.97 Å². The Labute approximate surface area is 90.4 Å². The molecule has 4 nitrogen and oxygen atoms in total. The molecule has 1 N–H and O–H groups in total. The average molecular weight is 204 g/mol. The van der Waals surface area contributed by atoms with Crippen LogP contribution in [0.3, 0.4) is 0 Å². The lowest BCUT2D eigenvalue weighted by Crippen LogP contribution is -2.22. The minimum Gasteiger partial charge on any atom is -0.368 e. The van der Waals surface area contributed by atoms with Crippen LogP contribution >= 0.6 is 0 Å². The lowest BCUT2D eigenvalue weighted by Gasteiger charge is -2.22. The molecule has 0 aromatic carbocycles. The molecule has 80 valence electrons. The average Bonchev–Trinajstić information content (AvgIpc) is 2.27. The maximum atomic E-state index is 8.55. The van der Waals surface area contributed by atoms with E-state index in [1.54, 1.807) is 6.20 Å². The van der Waals surface area contributed by atoms with Crippen LogP contribution in [0.5, 0.6) is 0 Å². The van der Waals surface area contributed by atoms with E-state index in [0.717, 1.165) is 18.8 Å². The molecule has 1 heterocycles. The Balaban J connectivity index is 2.56. The van der Waals surface area contributed by atoms with Gasteiger partial charge in [0.2, 0.25) is 0 Å². The van der Waals surface area contributed by atoms with Crippen LogP contribution in [-0.2, 0) is 0 Å². The fourth-order valence-corrected chi connectivity index (χ4v) is 0.932. The number of nitriles is 1. The lowest BCUT2D eigenvalue weighted by atomic mass is 9.90. The Morgan fingerprint density at radius 1 is 1.40 bits per heavy atom. The van der Waals surface area contributed by atoms with Gasteiger partial charge >= 0.3 is 0 Å². The van der Waals surface area contributed by atoms with E-state index in [1.165, 1.54) is 6.20 Å². The van der Waals surface area contributed by atoms with E-state index in [9.17, 15) is 0 Å². The second-order valence-corrected chi connectivity index (χ2v) is 4.27. The van der Waals surface area contributed by atoms with Gasteiger partial charge in [-0.25, -0.2) is 9.97 Å². The predicted molar refractivity (Wildman–Crippen MR) is 59.3 cm³/mol. The summed E-state index contributed by atoms with van der Waals surface area (Å²) >= 11 is 0. The fourth-order valence-electron chi connectivity index (χ4n) is 0.932. The Morgan fingerprint density at radius 2 is 2.13 bits per heavy atom. The van der Waals surface area contributed by atoms with Crippen LogP contribution in [0, 0.1) is 16.7 Å². The zero-order valence-electron chi connectivity index (χ0n) is 9.41. The van der Waals surface area contributed by atoms with Crippen molar-refractivity contribution < 1.29 is 0 Å². The topological polar surface area (TPSA) is 61.6 Å². The van der Waals surface area contributed by atoms with Gasteiger partial charge in [0.1, 0.15) is 11.9 Å². The van der Waals surface area contributed by atoms with E-state index in [4.69, 9.17) is 5.26 Å². The summed E-state index contributed by atoms with van der Waals surface area (Å²) in [4.78, 5) is 8.03. The minimum absolute atomic E-state index is 0.246. The van der Waals surface area contributed by atoms with Crippen molar-refractivity contribution >= 4 is 5.82 Å². The molecule has 0 saturated heterocycles. The molecule has 0 amide bonds. The molecule has 1 aromatic heterocycles. The van der Waals surface area contributed by atoms with Crippen LogP contribution in [0.4, 0.5) is 5.82 Å². The molecular formula is C11H16N4. The van der Waals surface area contributed by atoms with Crippen LogP contribution in [0.25, 0.3) is 0 Å². The highest BCUT2D eigenvalue weighted by Gasteiger charge is 2.14. The molecule has 1 rings (SSSR count). The first kappa shape index (κ1) is 11.4. The van der Waals surface area contributed by atoms with Gasteiger partial charge < -0.3 is 5.32 Å². The third kappa shape index (κ3) is 3.55. The number of hydrogen-bond acceptors (Lipinski definition) is 4. The van der Waals surface area contributed by atoms with Crippen LogP contribution in [0.15, 0.2) is 12.4 Å². The lowest BCUT2D eigenvalue weighted by molar-refractivity contribution is 0.376. The molecule has 1 aromatic rings. The zero-order chi connectivity index (χ0) is 11.3. The van der Waals surface area contributed by atoms with Crippen LogP contribution in [0.1, 0.15) is 32.9 Å². The Morgan fingerprint density at radius 3 is 2.60 bits per heavy atom. The van der Waals surface area contributed by atoms with Gasteiger partial charge in [-0.05, 0) is 11.8 Å². The number of anilines is 1. The summed E-state index contributed by atoms with van der Waals surface area (Å²) in [5.41, 5.74) is 0.588. The Bertz CT molecular complexity index is 348. The number of nitrogens with one attached hydrogen (secondary N) is 1. The van der Waals surface area contributed by atoms with E-state index >= 15 is 0 Å². The molecule has 0 unspecified atom stereocenters. The first-order valence-electron chi connectivity index (χ1n) is 5.03. The second-order valence-electron chi connectivity index (χ2n) is 4.27. The van der Waals surface area contributed by atoms with Crippen LogP contribution in [-0.4, -0.2) is 16.5 Å². The molecule has 0 radical (unpaired) electrons. The Hall–Kier alpha value is -1.63. The minimum atomic E-state index is 0.246. The van der Waals surface area contributed by atoms with Gasteiger partial charge in [0.25, 0.3) is 0 Å². The molecule has 4 heteroatoms. The van der Waals surface area contributed by atoms with Crippen molar-refractivity contribution in [3.63, 3.8) is 0 Å². The molecule has 0 aliphatic carbocycles. The normalized spacial score (nSPS) is 10.8. The van der Waals surface area contributed by atoms with Gasteiger partial charge in [0, 0.05) is 6.54 Å². The molecule has 0 atom stereocenters. The monoisotopic (exact) mass is 204 g/mol. The fraction of sp³-hybridized carbons (Fsp3) is 0.545. The summed E-state index contributed by atoms with van der Waals surface area (Å²) in [6.07, 6.45) is 4.16. The van der Waals surface area contributed by atoms with E-state index in [1.807, 2.05) is 6.07 Å². The first-order valence-corrected chi connectivity index (χ1v) is 5.03. The van der Waals surface area contributed by atoms with E-state index < -0.39 is 0 Å². The highest BCUT2D eigenvalue weighted by molar-refractivity contribution is 5.33. The van der Waals surface area contributed by atoms with E-state index in [0.29, 0.717) is 5.69 Å². The zero-order valence-corrected chi connectivity index (χ0v) is 9.41. The molecule has 15 heavy (non-hydrogen) atoms. The summed E-state index contributed by atoms with van der Waals surface area (Å²) in [5.74, 6) is 0.718. The van der Waals surface area contributed by atoms with Gasteiger partial charge in [-0.2, -0.15) is 5.26 Å². The molecule has 0 fully saturated rings. The van der Waals surface area contributed by atoms with Crippen molar-refractivity contribution in [3.05, 3.63) is 18.1 Å². The molecule has 0 saturated carbocycles. The number of hydrogen-bond donors (Lipinski definition) is 1. The maximum Gasteiger partial charge on any atom is 0.158 e. The largest absolute Gasteiger partial charge is 0.368 e. The summed E-state index contributed by atoms with van der Waals surface area (Å²) in [5, 5.41) is 11.8. The smallest absolute Gasteiger partial charge is 0.158 e. The SMILES string of the molecule is CCC(C)(C)CNc1cnc(C#N)cn1. The maximum absolute atomic E-state index is 8.55. The number of nitrogens with zero attached hydrogens (tertiary/aromatic N) is 3. The van der Waals surface area contributed by atoms with Crippen molar-refractivity contribution in [3.8, 4) is 6.07 Å².